The quantitative estimate of drug-likeness (QED) is 0.742. The number of hydrogen-bond donors (Lipinski definition) is 1. The van der Waals surface area contributed by atoms with Gasteiger partial charge in [-0.2, -0.15) is 0 Å². The van der Waals surface area contributed by atoms with Crippen LogP contribution in [0.2, 0.25) is 0 Å². The van der Waals surface area contributed by atoms with Crippen molar-refractivity contribution in [2.75, 3.05) is 18.4 Å². The van der Waals surface area contributed by atoms with E-state index in [0.29, 0.717) is 0 Å². The molecule has 2 aromatic heterocycles. The van der Waals surface area contributed by atoms with Crippen LogP contribution in [0.25, 0.3) is 5.69 Å². The predicted octanol–water partition coefficient (Wildman–Crippen LogP) is 3.43. The molecule has 1 unspecified atom stereocenters. The van der Waals surface area contributed by atoms with E-state index in [4.69, 9.17) is 0 Å². The predicted molar refractivity (Wildman–Crippen MR) is 109 cm³/mol. The number of piperidine rings is 1. The lowest BCUT2D eigenvalue weighted by Crippen LogP contribution is -2.40. The average Bonchev–Trinajstić information content (AvgIpc) is 3.15. The standard InChI is InChI=1S/C22H25N5O/c1-17-24-12-14-27(17)21-6-4-20(5-7-21)25-22(28)19-3-2-13-26(16-19)15-18-8-10-23-11-9-18/h4-12,14,19H,2-3,13,15-16H2,1H3,(H,25,28). The molecule has 0 spiro atoms. The van der Waals surface area contributed by atoms with Gasteiger partial charge in [0.05, 0.1) is 5.92 Å². The molecule has 6 nitrogen and oxygen atoms in total. The minimum absolute atomic E-state index is 0.0196. The molecule has 1 fully saturated rings. The zero-order valence-corrected chi connectivity index (χ0v) is 16.1. The van der Waals surface area contributed by atoms with Crippen molar-refractivity contribution in [1.82, 2.24) is 19.4 Å². The van der Waals surface area contributed by atoms with Crippen LogP contribution in [-0.4, -0.2) is 38.4 Å². The molecule has 1 amide bonds. The number of rotatable bonds is 5. The van der Waals surface area contributed by atoms with Gasteiger partial charge in [0.1, 0.15) is 5.82 Å². The Bertz CT molecular complexity index is 920. The van der Waals surface area contributed by atoms with E-state index in [-0.39, 0.29) is 11.8 Å². The molecule has 0 bridgehead atoms. The number of amides is 1. The second-order valence-electron chi connectivity index (χ2n) is 7.31. The summed E-state index contributed by atoms with van der Waals surface area (Å²) in [5.74, 6) is 1.06. The molecule has 6 heteroatoms. The summed E-state index contributed by atoms with van der Waals surface area (Å²) in [7, 11) is 0. The fourth-order valence-corrected chi connectivity index (χ4v) is 3.76. The van der Waals surface area contributed by atoms with Crippen molar-refractivity contribution in [2.24, 2.45) is 5.92 Å². The number of pyridine rings is 1. The average molecular weight is 375 g/mol. The van der Waals surface area contributed by atoms with Crippen LogP contribution >= 0.6 is 0 Å². The number of imidazole rings is 1. The van der Waals surface area contributed by atoms with Crippen molar-refractivity contribution in [3.8, 4) is 5.69 Å². The van der Waals surface area contributed by atoms with E-state index >= 15 is 0 Å². The van der Waals surface area contributed by atoms with Crippen molar-refractivity contribution < 1.29 is 4.79 Å². The first kappa shape index (κ1) is 18.4. The van der Waals surface area contributed by atoms with Crippen LogP contribution in [0.3, 0.4) is 0 Å². The van der Waals surface area contributed by atoms with Gasteiger partial charge in [0.15, 0.2) is 0 Å². The second-order valence-corrected chi connectivity index (χ2v) is 7.31. The molecule has 1 N–H and O–H groups in total. The Kier molecular flexibility index (Phi) is 5.48. The Morgan fingerprint density at radius 2 is 1.93 bits per heavy atom. The van der Waals surface area contributed by atoms with Crippen LogP contribution in [0.5, 0.6) is 0 Å². The number of likely N-dealkylation sites (tertiary alicyclic amines) is 1. The van der Waals surface area contributed by atoms with Gasteiger partial charge in [0.2, 0.25) is 5.91 Å². The third kappa shape index (κ3) is 4.28. The summed E-state index contributed by atoms with van der Waals surface area (Å²) in [6.45, 7) is 4.66. The number of aromatic nitrogens is 3. The maximum atomic E-state index is 12.8. The van der Waals surface area contributed by atoms with Crippen molar-refractivity contribution >= 4 is 11.6 Å². The number of hydrogen-bond acceptors (Lipinski definition) is 4. The normalized spacial score (nSPS) is 17.4. The van der Waals surface area contributed by atoms with Crippen LogP contribution in [0.15, 0.2) is 61.2 Å². The molecule has 3 heterocycles. The van der Waals surface area contributed by atoms with E-state index < -0.39 is 0 Å². The van der Waals surface area contributed by atoms with Crippen molar-refractivity contribution in [1.29, 1.82) is 0 Å². The minimum atomic E-state index is 0.0196. The zero-order valence-electron chi connectivity index (χ0n) is 16.1. The summed E-state index contributed by atoms with van der Waals surface area (Å²) in [5, 5.41) is 3.08. The van der Waals surface area contributed by atoms with Gasteiger partial charge in [-0.05, 0) is 68.3 Å². The summed E-state index contributed by atoms with van der Waals surface area (Å²) < 4.78 is 2.02. The molecule has 1 saturated heterocycles. The Morgan fingerprint density at radius 1 is 1.14 bits per heavy atom. The van der Waals surface area contributed by atoms with E-state index in [0.717, 1.165) is 49.7 Å². The van der Waals surface area contributed by atoms with Crippen LogP contribution in [0.4, 0.5) is 5.69 Å². The van der Waals surface area contributed by atoms with Crippen LogP contribution in [0, 0.1) is 12.8 Å². The monoisotopic (exact) mass is 375 g/mol. The molecular weight excluding hydrogens is 350 g/mol. The molecule has 1 atom stereocenters. The highest BCUT2D eigenvalue weighted by Gasteiger charge is 2.25. The molecular formula is C22H25N5O. The molecule has 3 aromatic rings. The number of aryl methyl sites for hydroxylation is 1. The minimum Gasteiger partial charge on any atom is -0.326 e. The lowest BCUT2D eigenvalue weighted by molar-refractivity contribution is -0.121. The first-order valence-electron chi connectivity index (χ1n) is 9.71. The smallest absolute Gasteiger partial charge is 0.228 e. The second kappa shape index (κ2) is 8.35. The van der Waals surface area contributed by atoms with Gasteiger partial charge in [0, 0.05) is 49.3 Å². The van der Waals surface area contributed by atoms with E-state index in [2.05, 4.69) is 20.2 Å². The molecule has 144 valence electrons. The summed E-state index contributed by atoms with van der Waals surface area (Å²) in [4.78, 5) is 23.4. The highest BCUT2D eigenvalue weighted by Crippen LogP contribution is 2.21. The number of anilines is 1. The molecule has 0 aliphatic carbocycles. The molecule has 0 saturated carbocycles. The molecule has 1 aromatic carbocycles. The maximum Gasteiger partial charge on any atom is 0.228 e. The van der Waals surface area contributed by atoms with E-state index in [1.165, 1.54) is 5.56 Å². The Hall–Kier alpha value is -2.99. The van der Waals surface area contributed by atoms with Crippen LogP contribution in [-0.2, 0) is 11.3 Å². The fraction of sp³-hybridized carbons (Fsp3) is 0.318. The van der Waals surface area contributed by atoms with Gasteiger partial charge in [-0.25, -0.2) is 4.98 Å². The van der Waals surface area contributed by atoms with Gasteiger partial charge >= 0.3 is 0 Å². The molecule has 1 aliphatic rings. The highest BCUT2D eigenvalue weighted by atomic mass is 16.1. The summed E-state index contributed by atoms with van der Waals surface area (Å²) in [6.07, 6.45) is 9.33. The summed E-state index contributed by atoms with van der Waals surface area (Å²) >= 11 is 0. The maximum absolute atomic E-state index is 12.8. The lowest BCUT2D eigenvalue weighted by atomic mass is 9.96. The van der Waals surface area contributed by atoms with Crippen molar-refractivity contribution in [3.05, 3.63) is 72.6 Å². The van der Waals surface area contributed by atoms with Crippen LogP contribution in [0.1, 0.15) is 24.2 Å². The van der Waals surface area contributed by atoms with Crippen molar-refractivity contribution in [3.63, 3.8) is 0 Å². The Balaban J connectivity index is 1.36. The van der Waals surface area contributed by atoms with Gasteiger partial charge < -0.3 is 9.88 Å². The summed E-state index contributed by atoms with van der Waals surface area (Å²) in [5.41, 5.74) is 3.11. The van der Waals surface area contributed by atoms with Crippen LogP contribution < -0.4 is 5.32 Å². The van der Waals surface area contributed by atoms with Gasteiger partial charge in [-0.1, -0.05) is 0 Å². The van der Waals surface area contributed by atoms with E-state index in [9.17, 15) is 4.79 Å². The Morgan fingerprint density at radius 3 is 2.64 bits per heavy atom. The molecule has 1 aliphatic heterocycles. The van der Waals surface area contributed by atoms with Gasteiger partial charge in [0.25, 0.3) is 0 Å². The van der Waals surface area contributed by atoms with Gasteiger partial charge in [-0.15, -0.1) is 0 Å². The zero-order chi connectivity index (χ0) is 19.3. The van der Waals surface area contributed by atoms with E-state index in [1.54, 1.807) is 6.20 Å². The molecule has 28 heavy (non-hydrogen) atoms. The number of benzene rings is 1. The first-order chi connectivity index (χ1) is 13.7. The Labute approximate surface area is 165 Å². The van der Waals surface area contributed by atoms with Gasteiger partial charge in [-0.3, -0.25) is 14.7 Å². The molecule has 4 rings (SSSR count). The summed E-state index contributed by atoms with van der Waals surface area (Å²) in [6, 6.07) is 12.0. The lowest BCUT2D eigenvalue weighted by Gasteiger charge is -2.32. The topological polar surface area (TPSA) is 63.1 Å². The highest BCUT2D eigenvalue weighted by molar-refractivity contribution is 5.92. The third-order valence-electron chi connectivity index (χ3n) is 5.27. The number of nitrogens with one attached hydrogen (secondary N) is 1. The van der Waals surface area contributed by atoms with Crippen molar-refractivity contribution in [2.45, 2.75) is 26.3 Å². The first-order valence-corrected chi connectivity index (χ1v) is 9.71. The number of carbonyl (C=O) groups is 1. The fourth-order valence-electron chi connectivity index (χ4n) is 3.76. The SMILES string of the molecule is Cc1nccn1-c1ccc(NC(=O)C2CCCN(Cc3ccncc3)C2)cc1. The third-order valence-corrected chi connectivity index (χ3v) is 5.27. The molecule has 0 radical (unpaired) electrons. The number of nitrogens with zero attached hydrogens (tertiary/aromatic N) is 4. The van der Waals surface area contributed by atoms with E-state index in [1.807, 2.05) is 66.5 Å². The largest absolute Gasteiger partial charge is 0.326 e. The number of carbonyl (C=O) groups excluding carboxylic acids is 1.